The molecule has 0 unspecified atom stereocenters. The van der Waals surface area contributed by atoms with Crippen molar-refractivity contribution >= 4 is 11.8 Å². The van der Waals surface area contributed by atoms with E-state index in [9.17, 15) is 19.1 Å². The van der Waals surface area contributed by atoms with Crippen molar-refractivity contribution in [3.63, 3.8) is 0 Å². The van der Waals surface area contributed by atoms with Gasteiger partial charge in [-0.05, 0) is 62.8 Å². The molecular formula is C24H28FN3O3. The lowest BCUT2D eigenvalue weighted by atomic mass is 9.84. The van der Waals surface area contributed by atoms with E-state index in [4.69, 9.17) is 0 Å². The Hall–Kier alpha value is -2.80. The van der Waals surface area contributed by atoms with Crippen LogP contribution < -0.4 is 5.32 Å². The van der Waals surface area contributed by atoms with Gasteiger partial charge in [0, 0.05) is 36.8 Å². The minimum atomic E-state index is -0.326. The smallest absolute Gasteiger partial charge is 0.253 e. The standard InChI is InChI=1S/C24H28FN3O3/c25-19-3-1-2-17(14-19)22-9-6-18(15-26-22)23(30)27-20-7-4-16(5-8-20)24(31)28-12-10-21(29)11-13-28/h1-3,6,9,14-16,20-21,29H,4-5,7-8,10-13H2,(H,27,30)/t16-,20-. The van der Waals surface area contributed by atoms with Crippen molar-refractivity contribution in [3.8, 4) is 11.3 Å². The van der Waals surface area contributed by atoms with Crippen LogP contribution in [0.15, 0.2) is 42.6 Å². The summed E-state index contributed by atoms with van der Waals surface area (Å²) in [5.74, 6) is -0.310. The fourth-order valence-corrected chi connectivity index (χ4v) is 4.44. The first kappa shape index (κ1) is 21.4. The molecule has 1 saturated carbocycles. The average molecular weight is 426 g/mol. The van der Waals surface area contributed by atoms with Crippen molar-refractivity contribution in [1.82, 2.24) is 15.2 Å². The van der Waals surface area contributed by atoms with Crippen molar-refractivity contribution in [2.45, 2.75) is 50.7 Å². The van der Waals surface area contributed by atoms with Gasteiger partial charge in [0.25, 0.3) is 5.91 Å². The van der Waals surface area contributed by atoms with Crippen molar-refractivity contribution in [3.05, 3.63) is 54.0 Å². The fraction of sp³-hybridized carbons (Fsp3) is 0.458. The molecule has 4 rings (SSSR count). The molecule has 7 heteroatoms. The molecule has 2 aliphatic rings. The van der Waals surface area contributed by atoms with Gasteiger partial charge in [0.05, 0.1) is 17.4 Å². The van der Waals surface area contributed by atoms with Crippen LogP contribution in [0.1, 0.15) is 48.9 Å². The molecule has 31 heavy (non-hydrogen) atoms. The first-order chi connectivity index (χ1) is 15.0. The number of amides is 2. The highest BCUT2D eigenvalue weighted by Crippen LogP contribution is 2.27. The molecule has 2 N–H and O–H groups in total. The first-order valence-electron chi connectivity index (χ1n) is 11.0. The van der Waals surface area contributed by atoms with Gasteiger partial charge in [-0.2, -0.15) is 0 Å². The number of nitrogens with one attached hydrogen (secondary N) is 1. The maximum Gasteiger partial charge on any atom is 0.253 e. The molecule has 2 heterocycles. The number of aliphatic hydroxyl groups excluding tert-OH is 1. The third kappa shape index (κ3) is 5.28. The number of hydrogen-bond donors (Lipinski definition) is 2. The summed E-state index contributed by atoms with van der Waals surface area (Å²) in [6.45, 7) is 1.27. The van der Waals surface area contributed by atoms with Crippen LogP contribution in [0.25, 0.3) is 11.3 Å². The summed E-state index contributed by atoms with van der Waals surface area (Å²) in [6, 6.07) is 9.65. The lowest BCUT2D eigenvalue weighted by molar-refractivity contribution is -0.138. The Kier molecular flexibility index (Phi) is 6.61. The Bertz CT molecular complexity index is 918. The molecule has 1 aliphatic heterocycles. The fourth-order valence-electron chi connectivity index (χ4n) is 4.44. The van der Waals surface area contributed by atoms with Gasteiger partial charge in [-0.25, -0.2) is 4.39 Å². The lowest BCUT2D eigenvalue weighted by Crippen LogP contribution is -2.45. The monoisotopic (exact) mass is 425 g/mol. The number of carbonyl (C=O) groups is 2. The zero-order valence-corrected chi connectivity index (χ0v) is 17.5. The number of piperidine rings is 1. The van der Waals surface area contributed by atoms with Gasteiger partial charge < -0.3 is 15.3 Å². The van der Waals surface area contributed by atoms with Crippen LogP contribution in [0.2, 0.25) is 0 Å². The van der Waals surface area contributed by atoms with E-state index in [-0.39, 0.29) is 35.7 Å². The summed E-state index contributed by atoms with van der Waals surface area (Å²) in [6.07, 6.45) is 5.61. The van der Waals surface area contributed by atoms with E-state index in [1.165, 1.54) is 18.3 Å². The molecular weight excluding hydrogens is 397 g/mol. The normalized spacial score (nSPS) is 22.2. The van der Waals surface area contributed by atoms with Crippen LogP contribution in [-0.4, -0.2) is 52.0 Å². The summed E-state index contributed by atoms with van der Waals surface area (Å²) < 4.78 is 13.4. The number of nitrogens with zero attached hydrogens (tertiary/aromatic N) is 2. The van der Waals surface area contributed by atoms with Gasteiger partial charge in [0.2, 0.25) is 5.91 Å². The predicted octanol–water partition coefficient (Wildman–Crippen LogP) is 3.16. The molecule has 1 saturated heterocycles. The van der Waals surface area contributed by atoms with Crippen LogP contribution >= 0.6 is 0 Å². The van der Waals surface area contributed by atoms with Gasteiger partial charge in [-0.3, -0.25) is 14.6 Å². The highest BCUT2D eigenvalue weighted by atomic mass is 19.1. The van der Waals surface area contributed by atoms with Crippen molar-refractivity contribution < 1.29 is 19.1 Å². The van der Waals surface area contributed by atoms with Crippen LogP contribution in [0, 0.1) is 11.7 Å². The number of carbonyl (C=O) groups excluding carboxylic acids is 2. The molecule has 0 radical (unpaired) electrons. The number of halogens is 1. The van der Waals surface area contributed by atoms with Crippen molar-refractivity contribution in [1.29, 1.82) is 0 Å². The Morgan fingerprint density at radius 3 is 2.42 bits per heavy atom. The van der Waals surface area contributed by atoms with Crippen LogP contribution in [0.5, 0.6) is 0 Å². The minimum Gasteiger partial charge on any atom is -0.393 e. The molecule has 2 amide bonds. The third-order valence-electron chi connectivity index (χ3n) is 6.33. The highest BCUT2D eigenvalue weighted by molar-refractivity contribution is 5.94. The predicted molar refractivity (Wildman–Crippen MR) is 115 cm³/mol. The second-order valence-electron chi connectivity index (χ2n) is 8.52. The topological polar surface area (TPSA) is 82.5 Å². The average Bonchev–Trinajstić information content (AvgIpc) is 2.80. The Labute approximate surface area is 181 Å². The zero-order chi connectivity index (χ0) is 21.8. The summed E-state index contributed by atoms with van der Waals surface area (Å²) in [7, 11) is 0. The van der Waals surface area contributed by atoms with E-state index in [0.717, 1.165) is 25.7 Å². The molecule has 6 nitrogen and oxygen atoms in total. The second-order valence-corrected chi connectivity index (χ2v) is 8.52. The number of pyridine rings is 1. The van der Waals surface area contributed by atoms with E-state index in [1.807, 2.05) is 4.90 Å². The van der Waals surface area contributed by atoms with Gasteiger partial charge in [0.15, 0.2) is 0 Å². The maximum atomic E-state index is 13.4. The Balaban J connectivity index is 1.27. The highest BCUT2D eigenvalue weighted by Gasteiger charge is 2.31. The molecule has 0 atom stereocenters. The molecule has 2 aromatic rings. The molecule has 1 aromatic carbocycles. The third-order valence-corrected chi connectivity index (χ3v) is 6.33. The SMILES string of the molecule is O=C(N[C@H]1CC[C@H](C(=O)N2CCC(O)CC2)CC1)c1ccc(-c2cccc(F)c2)nc1. The van der Waals surface area contributed by atoms with E-state index < -0.39 is 0 Å². The number of rotatable bonds is 4. The Morgan fingerprint density at radius 1 is 1.03 bits per heavy atom. The lowest BCUT2D eigenvalue weighted by Gasteiger charge is -2.35. The maximum absolute atomic E-state index is 13.4. The van der Waals surface area contributed by atoms with E-state index in [1.54, 1.807) is 24.3 Å². The molecule has 1 aromatic heterocycles. The Morgan fingerprint density at radius 2 is 1.77 bits per heavy atom. The molecule has 0 bridgehead atoms. The van der Waals surface area contributed by atoms with Crippen LogP contribution in [0.3, 0.4) is 0 Å². The van der Waals surface area contributed by atoms with Gasteiger partial charge in [-0.15, -0.1) is 0 Å². The molecule has 2 fully saturated rings. The zero-order valence-electron chi connectivity index (χ0n) is 17.5. The summed E-state index contributed by atoms with van der Waals surface area (Å²) in [4.78, 5) is 31.5. The molecule has 164 valence electrons. The van der Waals surface area contributed by atoms with E-state index in [0.29, 0.717) is 42.8 Å². The summed E-state index contributed by atoms with van der Waals surface area (Å²) >= 11 is 0. The number of aliphatic hydroxyl groups is 1. The quantitative estimate of drug-likeness (QED) is 0.788. The molecule has 0 spiro atoms. The van der Waals surface area contributed by atoms with E-state index in [2.05, 4.69) is 10.3 Å². The summed E-state index contributed by atoms with van der Waals surface area (Å²) in [5, 5.41) is 12.7. The van der Waals surface area contributed by atoms with Crippen molar-refractivity contribution in [2.75, 3.05) is 13.1 Å². The number of benzene rings is 1. The minimum absolute atomic E-state index is 0.00983. The number of hydrogen-bond acceptors (Lipinski definition) is 4. The van der Waals surface area contributed by atoms with Crippen molar-refractivity contribution in [2.24, 2.45) is 5.92 Å². The van der Waals surface area contributed by atoms with Gasteiger partial charge >= 0.3 is 0 Å². The molecule has 1 aliphatic carbocycles. The number of likely N-dealkylation sites (tertiary alicyclic amines) is 1. The number of aromatic nitrogens is 1. The van der Waals surface area contributed by atoms with Gasteiger partial charge in [0.1, 0.15) is 5.82 Å². The first-order valence-corrected chi connectivity index (χ1v) is 11.0. The summed E-state index contributed by atoms with van der Waals surface area (Å²) in [5.41, 5.74) is 1.74. The van der Waals surface area contributed by atoms with E-state index >= 15 is 0 Å². The largest absolute Gasteiger partial charge is 0.393 e. The van der Waals surface area contributed by atoms with Crippen LogP contribution in [-0.2, 0) is 4.79 Å². The second kappa shape index (κ2) is 9.56. The van der Waals surface area contributed by atoms with Gasteiger partial charge in [-0.1, -0.05) is 12.1 Å². The van der Waals surface area contributed by atoms with Crippen LogP contribution in [0.4, 0.5) is 4.39 Å².